The van der Waals surface area contributed by atoms with E-state index in [1.54, 1.807) is 0 Å². The molecule has 2 aliphatic rings. The predicted molar refractivity (Wildman–Crippen MR) is 57.4 cm³/mol. The first-order chi connectivity index (χ1) is 6.86. The van der Waals surface area contributed by atoms with Crippen LogP contribution in [0.3, 0.4) is 0 Å². The van der Waals surface area contributed by atoms with E-state index in [9.17, 15) is 0 Å². The minimum Gasteiger partial charge on any atom is -0.379 e. The summed E-state index contributed by atoms with van der Waals surface area (Å²) < 4.78 is 0. The highest BCUT2D eigenvalue weighted by molar-refractivity contribution is 6.01. The number of fused-ring (bicyclic) bond motifs is 3. The highest BCUT2D eigenvalue weighted by Crippen LogP contribution is 2.32. The second-order valence-corrected chi connectivity index (χ2v) is 3.57. The summed E-state index contributed by atoms with van der Waals surface area (Å²) in [4.78, 5) is 2.23. The van der Waals surface area contributed by atoms with Crippen LogP contribution in [0.25, 0.3) is 0 Å². The fourth-order valence-corrected chi connectivity index (χ4v) is 2.02. The summed E-state index contributed by atoms with van der Waals surface area (Å²) >= 11 is 0. The molecule has 0 aliphatic carbocycles. The Labute approximate surface area is 82.6 Å². The van der Waals surface area contributed by atoms with E-state index in [1.165, 1.54) is 11.4 Å². The van der Waals surface area contributed by atoms with Gasteiger partial charge in [0, 0.05) is 0 Å². The molecule has 0 saturated carbocycles. The van der Waals surface area contributed by atoms with Crippen molar-refractivity contribution in [1.29, 1.82) is 0 Å². The maximum Gasteiger partial charge on any atom is 0.138 e. The van der Waals surface area contributed by atoms with Gasteiger partial charge in [0.15, 0.2) is 0 Å². The Morgan fingerprint density at radius 3 is 3.21 bits per heavy atom. The zero-order chi connectivity index (χ0) is 9.54. The minimum absolute atomic E-state index is 0.268. The molecule has 0 fully saturated rings. The van der Waals surface area contributed by atoms with E-state index in [4.69, 9.17) is 0 Å². The summed E-state index contributed by atoms with van der Waals surface area (Å²) in [5.41, 5.74) is 5.49. The van der Waals surface area contributed by atoms with Crippen molar-refractivity contribution in [3.8, 4) is 0 Å². The van der Waals surface area contributed by atoms with Gasteiger partial charge in [-0.1, -0.05) is 12.1 Å². The topological polar surface area (TPSA) is 39.7 Å². The van der Waals surface area contributed by atoms with Crippen LogP contribution in [0.1, 0.15) is 6.92 Å². The molecule has 0 bridgehead atoms. The molecule has 1 unspecified atom stereocenters. The van der Waals surface area contributed by atoms with Crippen LogP contribution in [0.4, 0.5) is 11.4 Å². The van der Waals surface area contributed by atoms with Gasteiger partial charge >= 0.3 is 0 Å². The van der Waals surface area contributed by atoms with Gasteiger partial charge in [-0.05, 0) is 19.1 Å². The molecule has 2 heterocycles. The van der Waals surface area contributed by atoms with Crippen LogP contribution in [0.5, 0.6) is 0 Å². The van der Waals surface area contributed by atoms with E-state index in [1.807, 2.05) is 13.0 Å². The van der Waals surface area contributed by atoms with E-state index in [-0.39, 0.29) is 6.17 Å². The van der Waals surface area contributed by atoms with E-state index in [2.05, 4.69) is 38.9 Å². The number of nitrogens with one attached hydrogen (secondary N) is 2. The molecule has 72 valence electrons. The zero-order valence-corrected chi connectivity index (χ0v) is 7.99. The molecule has 0 amide bonds. The van der Waals surface area contributed by atoms with Crippen LogP contribution in [-0.4, -0.2) is 18.5 Å². The average molecular weight is 188 g/mol. The third-order valence-corrected chi connectivity index (χ3v) is 2.69. The first-order valence-electron chi connectivity index (χ1n) is 4.78. The number of para-hydroxylation sites is 2. The fourth-order valence-electron chi connectivity index (χ4n) is 2.02. The Morgan fingerprint density at radius 2 is 2.29 bits per heavy atom. The van der Waals surface area contributed by atoms with Crippen molar-refractivity contribution in [3.63, 3.8) is 0 Å². The summed E-state index contributed by atoms with van der Waals surface area (Å²) in [5, 5.41) is 7.61. The number of amidine groups is 1. The molecule has 0 saturated heterocycles. The summed E-state index contributed by atoms with van der Waals surface area (Å²) in [6, 6.07) is 8.30. The molecule has 0 radical (unpaired) electrons. The number of hydrazone groups is 1. The van der Waals surface area contributed by atoms with Gasteiger partial charge in [0.25, 0.3) is 0 Å². The lowest BCUT2D eigenvalue weighted by Gasteiger charge is -2.33. The van der Waals surface area contributed by atoms with Gasteiger partial charge in [0.1, 0.15) is 12.0 Å². The quantitative estimate of drug-likeness (QED) is 0.642. The molecule has 1 atom stereocenters. The van der Waals surface area contributed by atoms with E-state index >= 15 is 0 Å². The largest absolute Gasteiger partial charge is 0.379 e. The Morgan fingerprint density at radius 1 is 1.43 bits per heavy atom. The number of hydrogen-bond donors (Lipinski definition) is 2. The summed E-state index contributed by atoms with van der Waals surface area (Å²) in [5.74, 6) is 1.03. The zero-order valence-electron chi connectivity index (χ0n) is 7.99. The number of hydrogen-bond acceptors (Lipinski definition) is 4. The molecular formula is C10H12N4. The number of nitrogens with zero attached hydrogens (tertiary/aromatic N) is 2. The summed E-state index contributed by atoms with van der Waals surface area (Å²) in [6.45, 7) is 2.91. The van der Waals surface area contributed by atoms with Crippen molar-refractivity contribution in [1.82, 2.24) is 5.43 Å². The van der Waals surface area contributed by atoms with Gasteiger partial charge in [0.05, 0.1) is 17.9 Å². The maximum absolute atomic E-state index is 4.23. The molecule has 1 aromatic carbocycles. The molecule has 0 spiro atoms. The number of anilines is 2. The van der Waals surface area contributed by atoms with Gasteiger partial charge in [-0.25, -0.2) is 0 Å². The number of rotatable bonds is 0. The van der Waals surface area contributed by atoms with Crippen LogP contribution in [-0.2, 0) is 0 Å². The Kier molecular flexibility index (Phi) is 1.45. The second-order valence-electron chi connectivity index (χ2n) is 3.57. The van der Waals surface area contributed by atoms with Crippen LogP contribution >= 0.6 is 0 Å². The first-order valence-corrected chi connectivity index (χ1v) is 4.78. The average Bonchev–Trinajstić information content (AvgIpc) is 2.61. The van der Waals surface area contributed by atoms with Crippen LogP contribution in [0, 0.1) is 0 Å². The molecule has 3 rings (SSSR count). The fraction of sp³-hybridized carbons (Fsp3) is 0.300. The van der Waals surface area contributed by atoms with Gasteiger partial charge in [-0.2, -0.15) is 5.10 Å². The van der Waals surface area contributed by atoms with Crippen LogP contribution in [0.2, 0.25) is 0 Å². The lowest BCUT2D eigenvalue weighted by Crippen LogP contribution is -2.47. The molecular weight excluding hydrogens is 176 g/mol. The summed E-state index contributed by atoms with van der Waals surface area (Å²) in [7, 11) is 0. The minimum atomic E-state index is 0.268. The normalized spacial score (nSPS) is 23.1. The van der Waals surface area contributed by atoms with Gasteiger partial charge in [-0.3, -0.25) is 5.43 Å². The third kappa shape index (κ3) is 0.907. The summed E-state index contributed by atoms with van der Waals surface area (Å²) in [6.07, 6.45) is 0.268. The molecule has 4 heteroatoms. The van der Waals surface area contributed by atoms with E-state index in [0.29, 0.717) is 0 Å². The standard InChI is InChI=1S/C10H12N4/c1-7-12-13-10-6-11-8-4-2-3-5-9(8)14(7)10/h2-5,10-11,13H,6H2,1H3. The SMILES string of the molecule is CC1=NNC2CNc3ccccc3N12. The smallest absolute Gasteiger partial charge is 0.138 e. The van der Waals surface area contributed by atoms with Gasteiger partial charge < -0.3 is 10.2 Å². The molecule has 2 aliphatic heterocycles. The van der Waals surface area contributed by atoms with Crippen molar-refractivity contribution in [3.05, 3.63) is 24.3 Å². The second kappa shape index (κ2) is 2.64. The first kappa shape index (κ1) is 7.67. The predicted octanol–water partition coefficient (Wildman–Crippen LogP) is 1.18. The van der Waals surface area contributed by atoms with Crippen molar-refractivity contribution in [2.75, 3.05) is 16.8 Å². The van der Waals surface area contributed by atoms with Crippen LogP contribution in [0.15, 0.2) is 29.4 Å². The molecule has 2 N–H and O–H groups in total. The molecule has 0 aromatic heterocycles. The van der Waals surface area contributed by atoms with Crippen molar-refractivity contribution in [2.24, 2.45) is 5.10 Å². The molecule has 4 nitrogen and oxygen atoms in total. The Hall–Kier alpha value is -1.71. The van der Waals surface area contributed by atoms with Crippen molar-refractivity contribution in [2.45, 2.75) is 13.1 Å². The van der Waals surface area contributed by atoms with Crippen molar-refractivity contribution < 1.29 is 0 Å². The molecule has 14 heavy (non-hydrogen) atoms. The Bertz CT molecular complexity index is 399. The van der Waals surface area contributed by atoms with Gasteiger partial charge in [-0.15, -0.1) is 0 Å². The number of benzene rings is 1. The lowest BCUT2D eigenvalue weighted by atomic mass is 10.2. The monoisotopic (exact) mass is 188 g/mol. The third-order valence-electron chi connectivity index (χ3n) is 2.69. The van der Waals surface area contributed by atoms with Crippen LogP contribution < -0.4 is 15.6 Å². The maximum atomic E-state index is 4.23. The van der Waals surface area contributed by atoms with E-state index < -0.39 is 0 Å². The highest BCUT2D eigenvalue weighted by atomic mass is 15.5. The molecule has 1 aromatic rings. The lowest BCUT2D eigenvalue weighted by molar-refractivity contribution is 0.597. The highest BCUT2D eigenvalue weighted by Gasteiger charge is 2.30. The Balaban J connectivity index is 2.11. The van der Waals surface area contributed by atoms with Crippen molar-refractivity contribution >= 4 is 17.2 Å². The van der Waals surface area contributed by atoms with E-state index in [0.717, 1.165) is 12.4 Å². The van der Waals surface area contributed by atoms with Gasteiger partial charge in [0.2, 0.25) is 0 Å².